The Balaban J connectivity index is 1.35. The Labute approximate surface area is 203 Å². The average Bonchev–Trinajstić information content (AvgIpc) is 2.88. The van der Waals surface area contributed by atoms with Gasteiger partial charge in [-0.05, 0) is 30.8 Å². The van der Waals surface area contributed by atoms with E-state index >= 15 is 0 Å². The van der Waals surface area contributed by atoms with Gasteiger partial charge in [0.1, 0.15) is 13.2 Å². The molecule has 1 aliphatic rings. The van der Waals surface area contributed by atoms with Crippen molar-refractivity contribution in [2.75, 3.05) is 43.5 Å². The SMILES string of the molecule is CCN(CC(=O)Nc1ccc2c(c1)OCCO2)CC(=O)Nc1ccccc1C(=O)c1ccccc1. The van der Waals surface area contributed by atoms with Crippen LogP contribution in [0.4, 0.5) is 11.4 Å². The predicted octanol–water partition coefficient (Wildman–Crippen LogP) is 3.59. The first kappa shape index (κ1) is 24.0. The van der Waals surface area contributed by atoms with Gasteiger partial charge in [0, 0.05) is 22.9 Å². The first-order valence-corrected chi connectivity index (χ1v) is 11.4. The first-order valence-electron chi connectivity index (χ1n) is 11.4. The number of ether oxygens (including phenoxy) is 2. The van der Waals surface area contributed by atoms with Crippen LogP contribution in [0.1, 0.15) is 22.8 Å². The number of amides is 2. The third-order valence-corrected chi connectivity index (χ3v) is 5.49. The van der Waals surface area contributed by atoms with Gasteiger partial charge in [0.05, 0.1) is 18.8 Å². The number of benzene rings is 3. The molecule has 0 atom stereocenters. The molecule has 0 aliphatic carbocycles. The zero-order valence-electron chi connectivity index (χ0n) is 19.5. The smallest absolute Gasteiger partial charge is 0.238 e. The number of hydrogen-bond acceptors (Lipinski definition) is 6. The maximum absolute atomic E-state index is 12.9. The highest BCUT2D eigenvalue weighted by Gasteiger charge is 2.18. The zero-order chi connectivity index (χ0) is 24.6. The lowest BCUT2D eigenvalue weighted by Gasteiger charge is -2.21. The number of rotatable bonds is 9. The normalized spacial score (nSPS) is 12.2. The number of para-hydroxylation sites is 1. The summed E-state index contributed by atoms with van der Waals surface area (Å²) < 4.78 is 11.0. The number of fused-ring (bicyclic) bond motifs is 1. The molecule has 4 rings (SSSR count). The van der Waals surface area contributed by atoms with E-state index in [0.29, 0.717) is 53.8 Å². The van der Waals surface area contributed by atoms with Crippen molar-refractivity contribution in [3.05, 3.63) is 83.9 Å². The summed E-state index contributed by atoms with van der Waals surface area (Å²) in [5, 5.41) is 5.65. The molecule has 0 bridgehead atoms. The third kappa shape index (κ3) is 6.24. The van der Waals surface area contributed by atoms with E-state index < -0.39 is 0 Å². The second kappa shape index (κ2) is 11.3. The topological polar surface area (TPSA) is 97.0 Å². The van der Waals surface area contributed by atoms with Gasteiger partial charge in [-0.2, -0.15) is 0 Å². The Kier molecular flexibility index (Phi) is 7.74. The summed E-state index contributed by atoms with van der Waals surface area (Å²) in [6.07, 6.45) is 0. The van der Waals surface area contributed by atoms with Gasteiger partial charge in [-0.15, -0.1) is 0 Å². The van der Waals surface area contributed by atoms with Crippen LogP contribution in [-0.4, -0.2) is 55.3 Å². The van der Waals surface area contributed by atoms with E-state index in [1.165, 1.54) is 0 Å². The Morgan fingerprint density at radius 1 is 0.800 bits per heavy atom. The summed E-state index contributed by atoms with van der Waals surface area (Å²) in [7, 11) is 0. The lowest BCUT2D eigenvalue weighted by molar-refractivity contribution is -0.119. The highest BCUT2D eigenvalue weighted by atomic mass is 16.6. The first-order chi connectivity index (χ1) is 17.0. The van der Waals surface area contributed by atoms with Crippen LogP contribution in [0.25, 0.3) is 0 Å². The van der Waals surface area contributed by atoms with Gasteiger partial charge in [-0.3, -0.25) is 19.3 Å². The van der Waals surface area contributed by atoms with E-state index in [9.17, 15) is 14.4 Å². The van der Waals surface area contributed by atoms with Gasteiger partial charge in [-0.25, -0.2) is 0 Å². The molecule has 0 saturated heterocycles. The standard InChI is InChI=1S/C27H27N3O5/c1-2-30(17-25(31)28-20-12-13-23-24(16-20)35-15-14-34-23)18-26(32)29-22-11-7-6-10-21(22)27(33)19-8-4-3-5-9-19/h3-13,16H,2,14-15,17-18H2,1H3,(H,28,31)(H,29,32). The van der Waals surface area contributed by atoms with E-state index in [1.54, 1.807) is 71.6 Å². The van der Waals surface area contributed by atoms with Gasteiger partial charge >= 0.3 is 0 Å². The fourth-order valence-electron chi connectivity index (χ4n) is 3.73. The van der Waals surface area contributed by atoms with E-state index in [1.807, 2.05) is 13.0 Å². The van der Waals surface area contributed by atoms with Gasteiger partial charge in [0.15, 0.2) is 17.3 Å². The van der Waals surface area contributed by atoms with Crippen LogP contribution in [0.2, 0.25) is 0 Å². The van der Waals surface area contributed by atoms with Crippen LogP contribution >= 0.6 is 0 Å². The number of carbonyl (C=O) groups is 3. The third-order valence-electron chi connectivity index (χ3n) is 5.49. The van der Waals surface area contributed by atoms with E-state index in [4.69, 9.17) is 9.47 Å². The van der Waals surface area contributed by atoms with Crippen molar-refractivity contribution >= 4 is 29.0 Å². The fourth-order valence-corrected chi connectivity index (χ4v) is 3.73. The van der Waals surface area contributed by atoms with Gasteiger partial charge in [0.2, 0.25) is 11.8 Å². The van der Waals surface area contributed by atoms with Crippen molar-refractivity contribution in [2.24, 2.45) is 0 Å². The lowest BCUT2D eigenvalue weighted by atomic mass is 10.0. The summed E-state index contributed by atoms with van der Waals surface area (Å²) >= 11 is 0. The molecule has 8 heteroatoms. The number of nitrogens with one attached hydrogen (secondary N) is 2. The van der Waals surface area contributed by atoms with Crippen molar-refractivity contribution in [2.45, 2.75) is 6.92 Å². The molecule has 0 fully saturated rings. The Bertz CT molecular complexity index is 1210. The Hall–Kier alpha value is -4.17. The highest BCUT2D eigenvalue weighted by molar-refractivity contribution is 6.13. The summed E-state index contributed by atoms with van der Waals surface area (Å²) in [5.74, 6) is 0.493. The molecule has 8 nitrogen and oxygen atoms in total. The van der Waals surface area contributed by atoms with Crippen molar-refractivity contribution in [3.8, 4) is 11.5 Å². The molecule has 2 N–H and O–H groups in total. The fraction of sp³-hybridized carbons (Fsp3) is 0.222. The number of anilines is 2. The van der Waals surface area contributed by atoms with Gasteiger partial charge in [0.25, 0.3) is 0 Å². The molecular weight excluding hydrogens is 446 g/mol. The number of hydrogen-bond donors (Lipinski definition) is 2. The molecule has 1 aliphatic heterocycles. The second-order valence-corrected chi connectivity index (χ2v) is 8.00. The summed E-state index contributed by atoms with van der Waals surface area (Å²) in [6, 6.07) is 21.0. The van der Waals surface area contributed by atoms with Crippen molar-refractivity contribution < 1.29 is 23.9 Å². The summed E-state index contributed by atoms with van der Waals surface area (Å²) in [4.78, 5) is 40.0. The lowest BCUT2D eigenvalue weighted by Crippen LogP contribution is -2.38. The molecule has 0 unspecified atom stereocenters. The number of ketones is 1. The van der Waals surface area contributed by atoms with E-state index in [0.717, 1.165) is 0 Å². The molecule has 2 amide bonds. The minimum Gasteiger partial charge on any atom is -0.486 e. The highest BCUT2D eigenvalue weighted by Crippen LogP contribution is 2.32. The molecule has 35 heavy (non-hydrogen) atoms. The summed E-state index contributed by atoms with van der Waals surface area (Å²) in [6.45, 7) is 3.35. The van der Waals surface area contributed by atoms with Gasteiger partial charge < -0.3 is 20.1 Å². The Morgan fingerprint density at radius 2 is 1.46 bits per heavy atom. The molecule has 3 aromatic rings. The monoisotopic (exact) mass is 473 g/mol. The molecule has 0 spiro atoms. The quantitative estimate of drug-likeness (QED) is 0.461. The van der Waals surface area contributed by atoms with Crippen LogP contribution in [0, 0.1) is 0 Å². The molecular formula is C27H27N3O5. The van der Waals surface area contributed by atoms with E-state index in [-0.39, 0.29) is 30.7 Å². The van der Waals surface area contributed by atoms with Crippen molar-refractivity contribution in [1.29, 1.82) is 0 Å². The maximum Gasteiger partial charge on any atom is 0.238 e. The molecule has 0 aromatic heterocycles. The zero-order valence-corrected chi connectivity index (χ0v) is 19.5. The molecule has 0 saturated carbocycles. The Morgan fingerprint density at radius 3 is 2.20 bits per heavy atom. The average molecular weight is 474 g/mol. The number of likely N-dealkylation sites (N-methyl/N-ethyl adjacent to an activating group) is 1. The summed E-state index contributed by atoms with van der Waals surface area (Å²) in [5.41, 5.74) is 1.97. The van der Waals surface area contributed by atoms with E-state index in [2.05, 4.69) is 10.6 Å². The van der Waals surface area contributed by atoms with Crippen LogP contribution in [0.5, 0.6) is 11.5 Å². The maximum atomic E-state index is 12.9. The minimum absolute atomic E-state index is 0.00107. The predicted molar refractivity (Wildman–Crippen MR) is 133 cm³/mol. The minimum atomic E-state index is -0.313. The largest absolute Gasteiger partial charge is 0.486 e. The van der Waals surface area contributed by atoms with Gasteiger partial charge in [-0.1, -0.05) is 49.4 Å². The molecule has 180 valence electrons. The number of carbonyl (C=O) groups excluding carboxylic acids is 3. The van der Waals surface area contributed by atoms with Crippen LogP contribution in [0.3, 0.4) is 0 Å². The van der Waals surface area contributed by atoms with Crippen LogP contribution in [0.15, 0.2) is 72.8 Å². The molecule has 3 aromatic carbocycles. The van der Waals surface area contributed by atoms with Crippen molar-refractivity contribution in [3.63, 3.8) is 0 Å². The van der Waals surface area contributed by atoms with Crippen LogP contribution < -0.4 is 20.1 Å². The molecule has 1 heterocycles. The second-order valence-electron chi connectivity index (χ2n) is 8.00. The van der Waals surface area contributed by atoms with Crippen LogP contribution in [-0.2, 0) is 9.59 Å². The molecule has 0 radical (unpaired) electrons. The number of nitrogens with zero attached hydrogens (tertiary/aromatic N) is 1. The van der Waals surface area contributed by atoms with Crippen molar-refractivity contribution in [1.82, 2.24) is 4.90 Å².